The molecule has 2 unspecified atom stereocenters. The summed E-state index contributed by atoms with van der Waals surface area (Å²) >= 11 is 0. The Balaban J connectivity index is 1.37. The van der Waals surface area contributed by atoms with Gasteiger partial charge >= 0.3 is 24.4 Å². The summed E-state index contributed by atoms with van der Waals surface area (Å²) < 4.78 is 107. The Kier molecular flexibility index (Phi) is 8.66. The van der Waals surface area contributed by atoms with Crippen molar-refractivity contribution in [3.63, 3.8) is 0 Å². The second-order valence-corrected chi connectivity index (χ2v) is 12.2. The molecule has 256 valence electrons. The van der Waals surface area contributed by atoms with Crippen molar-refractivity contribution in [3.05, 3.63) is 112 Å². The number of ether oxygens (including phenoxy) is 2. The molecule has 0 bridgehead atoms. The molecule has 6 rings (SSSR count). The molecule has 0 spiro atoms. The fraction of sp³-hybridized carbons (Fsp3) is 0.306. The Labute approximate surface area is 276 Å². The summed E-state index contributed by atoms with van der Waals surface area (Å²) in [7, 11) is 1.27. The molecule has 1 aliphatic carbocycles. The van der Waals surface area contributed by atoms with Gasteiger partial charge in [-0.2, -0.15) is 26.3 Å². The number of alkyl halides is 6. The Morgan fingerprint density at radius 3 is 2.14 bits per heavy atom. The van der Waals surface area contributed by atoms with Gasteiger partial charge in [-0.25, -0.2) is 14.0 Å². The minimum Gasteiger partial charge on any atom is -0.465 e. The highest BCUT2D eigenvalue weighted by molar-refractivity contribution is 5.90. The summed E-state index contributed by atoms with van der Waals surface area (Å²) in [5.41, 5.74) is 0.408. The molecule has 0 radical (unpaired) electrons. The first-order chi connectivity index (χ1) is 23.0. The lowest BCUT2D eigenvalue weighted by Gasteiger charge is -2.23. The molecule has 49 heavy (non-hydrogen) atoms. The SMILES string of the molecule is COC(=O)c1ccc(-c2ccc(F)c(-c3ccc(C4CC4)nc3CN3C(=O)OC(c4cc(C(F)(F)F)cc(C(F)(F)F)c4)C3C)c2)c(C)c1. The second-order valence-electron chi connectivity index (χ2n) is 12.2. The normalized spacial score (nSPS) is 18.1. The van der Waals surface area contributed by atoms with E-state index in [4.69, 9.17) is 14.5 Å². The average molecular weight is 687 g/mol. The molecule has 6 nitrogen and oxygen atoms in total. The van der Waals surface area contributed by atoms with E-state index in [1.807, 2.05) is 0 Å². The van der Waals surface area contributed by atoms with Gasteiger partial charge < -0.3 is 9.47 Å². The first-order valence-corrected chi connectivity index (χ1v) is 15.3. The molecule has 1 saturated carbocycles. The maximum atomic E-state index is 15.6. The number of pyridine rings is 1. The Hall–Kier alpha value is -4.94. The summed E-state index contributed by atoms with van der Waals surface area (Å²) in [6, 6.07) is 13.0. The molecular formula is C36H29F7N2O4. The van der Waals surface area contributed by atoms with E-state index >= 15 is 4.39 Å². The lowest BCUT2D eigenvalue weighted by Crippen LogP contribution is -2.32. The molecular weight excluding hydrogens is 657 g/mol. The maximum Gasteiger partial charge on any atom is 0.416 e. The third-order valence-electron chi connectivity index (χ3n) is 8.86. The van der Waals surface area contributed by atoms with Crippen LogP contribution >= 0.6 is 0 Å². The summed E-state index contributed by atoms with van der Waals surface area (Å²) in [5.74, 6) is -0.929. The number of carbonyl (C=O) groups is 2. The predicted octanol–water partition coefficient (Wildman–Crippen LogP) is 9.65. The first-order valence-electron chi connectivity index (χ1n) is 15.3. The van der Waals surface area contributed by atoms with Crippen LogP contribution in [0.25, 0.3) is 22.3 Å². The number of aromatic nitrogens is 1. The molecule has 2 atom stereocenters. The molecule has 3 aromatic carbocycles. The molecule has 1 amide bonds. The number of methoxy groups -OCH3 is 1. The molecule has 0 N–H and O–H groups in total. The van der Waals surface area contributed by atoms with Crippen LogP contribution in [0.1, 0.15) is 75.8 Å². The topological polar surface area (TPSA) is 68.7 Å². The Bertz CT molecular complexity index is 1920. The van der Waals surface area contributed by atoms with Crippen LogP contribution in [-0.2, 0) is 28.4 Å². The van der Waals surface area contributed by atoms with E-state index < -0.39 is 59.1 Å². The fourth-order valence-electron chi connectivity index (χ4n) is 6.09. The van der Waals surface area contributed by atoms with Crippen LogP contribution in [0.5, 0.6) is 0 Å². The number of halogens is 7. The van der Waals surface area contributed by atoms with Gasteiger partial charge in [-0.05, 0) is 97.5 Å². The predicted molar refractivity (Wildman–Crippen MR) is 164 cm³/mol. The number of amides is 1. The Morgan fingerprint density at radius 2 is 1.55 bits per heavy atom. The molecule has 13 heteroatoms. The number of cyclic esters (lactones) is 1. The van der Waals surface area contributed by atoms with Gasteiger partial charge in [-0.3, -0.25) is 9.88 Å². The lowest BCUT2D eigenvalue weighted by molar-refractivity contribution is -0.143. The van der Waals surface area contributed by atoms with Crippen molar-refractivity contribution in [1.29, 1.82) is 0 Å². The zero-order valence-corrected chi connectivity index (χ0v) is 26.4. The van der Waals surface area contributed by atoms with Crippen molar-refractivity contribution in [2.75, 3.05) is 7.11 Å². The van der Waals surface area contributed by atoms with Crippen LogP contribution in [0.15, 0.2) is 66.7 Å². The zero-order valence-electron chi connectivity index (χ0n) is 26.4. The highest BCUT2D eigenvalue weighted by Gasteiger charge is 2.44. The number of nitrogens with zero attached hydrogens (tertiary/aromatic N) is 2. The molecule has 2 fully saturated rings. The van der Waals surface area contributed by atoms with Gasteiger partial charge in [0, 0.05) is 22.7 Å². The zero-order chi connectivity index (χ0) is 35.4. The lowest BCUT2D eigenvalue weighted by atomic mass is 9.93. The molecule has 2 aliphatic rings. The van der Waals surface area contributed by atoms with Gasteiger partial charge in [0.1, 0.15) is 11.9 Å². The van der Waals surface area contributed by atoms with Crippen LogP contribution in [0, 0.1) is 12.7 Å². The van der Waals surface area contributed by atoms with Crippen molar-refractivity contribution in [2.24, 2.45) is 0 Å². The molecule has 2 heterocycles. The number of rotatable bonds is 7. The molecule has 1 aromatic heterocycles. The van der Waals surface area contributed by atoms with Crippen molar-refractivity contribution in [2.45, 2.75) is 63.7 Å². The van der Waals surface area contributed by atoms with Crippen LogP contribution in [-0.4, -0.2) is 35.1 Å². The third kappa shape index (κ3) is 6.83. The minimum atomic E-state index is -5.08. The minimum absolute atomic E-state index is 0.0138. The van der Waals surface area contributed by atoms with E-state index in [0.29, 0.717) is 34.5 Å². The highest BCUT2D eigenvalue weighted by Crippen LogP contribution is 2.43. The van der Waals surface area contributed by atoms with E-state index in [2.05, 4.69) is 0 Å². The van der Waals surface area contributed by atoms with Gasteiger partial charge in [0.15, 0.2) is 0 Å². The van der Waals surface area contributed by atoms with Gasteiger partial charge in [0.25, 0.3) is 0 Å². The Morgan fingerprint density at radius 1 is 0.898 bits per heavy atom. The third-order valence-corrected chi connectivity index (χ3v) is 8.86. The number of benzene rings is 3. The maximum absolute atomic E-state index is 15.6. The van der Waals surface area contributed by atoms with Gasteiger partial charge in [-0.15, -0.1) is 0 Å². The second kappa shape index (κ2) is 12.5. The van der Waals surface area contributed by atoms with Crippen LogP contribution in [0.2, 0.25) is 0 Å². The largest absolute Gasteiger partial charge is 0.465 e. The van der Waals surface area contributed by atoms with E-state index in [9.17, 15) is 35.9 Å². The van der Waals surface area contributed by atoms with E-state index in [1.165, 1.54) is 20.1 Å². The summed E-state index contributed by atoms with van der Waals surface area (Å²) in [5, 5.41) is 0. The van der Waals surface area contributed by atoms with E-state index in [1.54, 1.807) is 49.4 Å². The summed E-state index contributed by atoms with van der Waals surface area (Å²) in [6.07, 6.45) is -10.8. The number of aryl methyl sites for hydroxylation is 1. The molecule has 1 aliphatic heterocycles. The monoisotopic (exact) mass is 686 g/mol. The van der Waals surface area contributed by atoms with Crippen molar-refractivity contribution < 1.29 is 49.8 Å². The van der Waals surface area contributed by atoms with Gasteiger partial charge in [0.2, 0.25) is 0 Å². The van der Waals surface area contributed by atoms with Crippen molar-refractivity contribution in [1.82, 2.24) is 9.88 Å². The number of carbonyl (C=O) groups excluding carboxylic acids is 2. The number of hydrogen-bond acceptors (Lipinski definition) is 5. The fourth-order valence-corrected chi connectivity index (χ4v) is 6.09. The van der Waals surface area contributed by atoms with Crippen LogP contribution in [0.4, 0.5) is 35.5 Å². The molecule has 1 saturated heterocycles. The van der Waals surface area contributed by atoms with Crippen LogP contribution < -0.4 is 0 Å². The van der Waals surface area contributed by atoms with Crippen LogP contribution in [0.3, 0.4) is 0 Å². The van der Waals surface area contributed by atoms with E-state index in [-0.39, 0.29) is 29.8 Å². The smallest absolute Gasteiger partial charge is 0.416 e. The summed E-state index contributed by atoms with van der Waals surface area (Å²) in [6.45, 7) is 2.99. The van der Waals surface area contributed by atoms with Crippen molar-refractivity contribution in [3.8, 4) is 22.3 Å². The van der Waals surface area contributed by atoms with E-state index in [0.717, 1.165) is 28.9 Å². The standard InChI is InChI=1S/C36H29F7N2O4/c1-18-12-22(33(46)48-3)6-8-26(18)21-7-10-29(37)28(15-21)27-9-11-30(20-4-5-20)44-31(27)17-45-19(2)32(49-34(45)47)23-13-24(35(38,39)40)16-25(14-23)36(41,42)43/h6-16,19-20,32H,4-5,17H2,1-3H3. The van der Waals surface area contributed by atoms with Gasteiger partial charge in [0.05, 0.1) is 42.1 Å². The van der Waals surface area contributed by atoms with Crippen molar-refractivity contribution >= 4 is 12.1 Å². The van der Waals surface area contributed by atoms with Gasteiger partial charge in [-0.1, -0.05) is 18.2 Å². The quantitative estimate of drug-likeness (QED) is 0.143. The number of hydrogen-bond donors (Lipinski definition) is 0. The average Bonchev–Trinajstić information content (AvgIpc) is 3.86. The molecule has 4 aromatic rings. The first kappa shape index (κ1) is 33.9. The summed E-state index contributed by atoms with van der Waals surface area (Å²) in [4.78, 5) is 31.1. The highest BCUT2D eigenvalue weighted by atomic mass is 19.4. The number of esters is 1.